The summed E-state index contributed by atoms with van der Waals surface area (Å²) in [6.45, 7) is 6.90. The highest BCUT2D eigenvalue weighted by atomic mass is 16.5. The van der Waals surface area contributed by atoms with E-state index in [1.807, 2.05) is 0 Å². The van der Waals surface area contributed by atoms with Gasteiger partial charge in [-0.15, -0.1) is 0 Å². The highest BCUT2D eigenvalue weighted by Crippen LogP contribution is 2.18. The molecule has 7 heteroatoms. The summed E-state index contributed by atoms with van der Waals surface area (Å²) in [6.07, 6.45) is -1.01. The van der Waals surface area contributed by atoms with Crippen molar-refractivity contribution >= 4 is 11.7 Å². The molecule has 0 unspecified atom stereocenters. The van der Waals surface area contributed by atoms with E-state index in [9.17, 15) is 9.90 Å². The van der Waals surface area contributed by atoms with Gasteiger partial charge in [0, 0.05) is 18.3 Å². The van der Waals surface area contributed by atoms with Gasteiger partial charge in [-0.25, -0.2) is 4.79 Å². The van der Waals surface area contributed by atoms with E-state index < -0.39 is 12.1 Å². The van der Waals surface area contributed by atoms with Crippen molar-refractivity contribution in [3.05, 3.63) is 24.3 Å². The second kappa shape index (κ2) is 8.86. The number of anilines is 1. The van der Waals surface area contributed by atoms with Crippen LogP contribution in [0.4, 0.5) is 10.5 Å². The Labute approximate surface area is 142 Å². The summed E-state index contributed by atoms with van der Waals surface area (Å²) in [7, 11) is 1.57. The molecule has 24 heavy (non-hydrogen) atoms. The lowest BCUT2D eigenvalue weighted by molar-refractivity contribution is 0.0173. The van der Waals surface area contributed by atoms with Crippen LogP contribution in [0, 0.1) is 0 Å². The summed E-state index contributed by atoms with van der Waals surface area (Å²) >= 11 is 0. The number of nitrogens with zero attached hydrogens (tertiary/aromatic N) is 1. The van der Waals surface area contributed by atoms with Crippen LogP contribution in [0.3, 0.4) is 0 Å². The normalized spacial score (nSPS) is 23.3. The molecule has 1 fully saturated rings. The van der Waals surface area contributed by atoms with Crippen LogP contribution in [0.2, 0.25) is 0 Å². The van der Waals surface area contributed by atoms with E-state index in [2.05, 4.69) is 29.4 Å². The number of urea groups is 1. The second-order valence-electron chi connectivity index (χ2n) is 5.79. The van der Waals surface area contributed by atoms with E-state index in [1.54, 1.807) is 31.4 Å². The molecule has 0 spiro atoms. The first-order valence-electron chi connectivity index (χ1n) is 8.31. The second-order valence-corrected chi connectivity index (χ2v) is 5.79. The van der Waals surface area contributed by atoms with E-state index in [0.29, 0.717) is 24.6 Å². The van der Waals surface area contributed by atoms with Gasteiger partial charge in [0.25, 0.3) is 0 Å². The van der Waals surface area contributed by atoms with Crippen LogP contribution in [-0.2, 0) is 4.74 Å². The Morgan fingerprint density at radius 3 is 2.83 bits per heavy atom. The number of rotatable bonds is 7. The van der Waals surface area contributed by atoms with Crippen LogP contribution < -0.4 is 15.4 Å². The predicted octanol–water partition coefficient (Wildman–Crippen LogP) is 1.29. The molecule has 7 nitrogen and oxygen atoms in total. The zero-order chi connectivity index (χ0) is 17.5. The number of amides is 2. The van der Waals surface area contributed by atoms with Crippen LogP contribution in [-0.4, -0.2) is 67.6 Å². The number of benzene rings is 1. The highest BCUT2D eigenvalue weighted by molar-refractivity contribution is 5.89. The summed E-state index contributed by atoms with van der Waals surface area (Å²) in [5.41, 5.74) is 0.625. The first kappa shape index (κ1) is 18.5. The Bertz CT molecular complexity index is 536. The standard InChI is InChI=1S/C17H27N3O4/c1-4-20(5-2)10-15-16(21)14(11-24-15)19-17(22)18-12-7-6-8-13(9-12)23-3/h6-9,14-16,21H,4-5,10-11H2,1-3H3,(H2,18,19,22)/t14-,15+,16-/m1/s1. The van der Waals surface area contributed by atoms with Crippen molar-refractivity contribution in [3.8, 4) is 5.75 Å². The number of hydrogen-bond donors (Lipinski definition) is 3. The number of hydrogen-bond acceptors (Lipinski definition) is 5. The average Bonchev–Trinajstić information content (AvgIpc) is 2.92. The lowest BCUT2D eigenvalue weighted by Crippen LogP contribution is -2.48. The van der Waals surface area contributed by atoms with Crippen molar-refractivity contribution in [3.63, 3.8) is 0 Å². The summed E-state index contributed by atoms with van der Waals surface area (Å²) in [6, 6.07) is 6.30. The molecule has 2 rings (SSSR count). The number of carbonyl (C=O) groups excluding carboxylic acids is 1. The number of ether oxygens (including phenoxy) is 2. The molecule has 1 aromatic carbocycles. The van der Waals surface area contributed by atoms with Crippen molar-refractivity contribution in [2.75, 3.05) is 38.7 Å². The van der Waals surface area contributed by atoms with Gasteiger partial charge >= 0.3 is 6.03 Å². The molecule has 3 N–H and O–H groups in total. The summed E-state index contributed by atoms with van der Waals surface area (Å²) < 4.78 is 10.8. The number of aliphatic hydroxyl groups is 1. The van der Waals surface area contributed by atoms with Gasteiger partial charge in [0.15, 0.2) is 0 Å². The lowest BCUT2D eigenvalue weighted by Gasteiger charge is -2.24. The van der Waals surface area contributed by atoms with E-state index in [0.717, 1.165) is 13.1 Å². The first-order valence-corrected chi connectivity index (χ1v) is 8.31. The molecule has 0 radical (unpaired) electrons. The Kier molecular flexibility index (Phi) is 6.84. The van der Waals surface area contributed by atoms with Crippen LogP contribution in [0.1, 0.15) is 13.8 Å². The molecule has 134 valence electrons. The summed E-state index contributed by atoms with van der Waals surface area (Å²) in [5.74, 6) is 0.663. The van der Waals surface area contributed by atoms with Gasteiger partial charge in [-0.2, -0.15) is 0 Å². The van der Waals surface area contributed by atoms with Gasteiger partial charge in [-0.1, -0.05) is 19.9 Å². The molecule has 0 aromatic heterocycles. The average molecular weight is 337 g/mol. The van der Waals surface area contributed by atoms with Gasteiger partial charge in [-0.3, -0.25) is 0 Å². The minimum absolute atomic E-state index is 0.285. The van der Waals surface area contributed by atoms with Crippen molar-refractivity contribution in [2.45, 2.75) is 32.1 Å². The zero-order valence-corrected chi connectivity index (χ0v) is 14.5. The van der Waals surface area contributed by atoms with E-state index in [1.165, 1.54) is 0 Å². The number of aliphatic hydroxyl groups excluding tert-OH is 1. The Hall–Kier alpha value is -1.83. The molecule has 3 atom stereocenters. The third kappa shape index (κ3) is 4.83. The van der Waals surface area contributed by atoms with Crippen LogP contribution >= 0.6 is 0 Å². The number of methoxy groups -OCH3 is 1. The molecular formula is C17H27N3O4. The molecule has 0 aliphatic carbocycles. The zero-order valence-electron chi connectivity index (χ0n) is 14.5. The summed E-state index contributed by atoms with van der Waals surface area (Å²) in [5, 5.41) is 15.9. The number of nitrogens with one attached hydrogen (secondary N) is 2. The third-order valence-electron chi connectivity index (χ3n) is 4.26. The first-order chi connectivity index (χ1) is 11.6. The number of likely N-dealkylation sites (N-methyl/N-ethyl adjacent to an activating group) is 1. The maximum Gasteiger partial charge on any atom is 0.319 e. The van der Waals surface area contributed by atoms with Crippen molar-refractivity contribution in [1.82, 2.24) is 10.2 Å². The largest absolute Gasteiger partial charge is 0.497 e. The molecule has 1 aliphatic rings. The smallest absolute Gasteiger partial charge is 0.319 e. The lowest BCUT2D eigenvalue weighted by atomic mass is 10.1. The highest BCUT2D eigenvalue weighted by Gasteiger charge is 2.37. The minimum Gasteiger partial charge on any atom is -0.497 e. The van der Waals surface area contributed by atoms with Gasteiger partial charge < -0.3 is 30.1 Å². The van der Waals surface area contributed by atoms with E-state index in [-0.39, 0.29) is 12.1 Å². The molecular weight excluding hydrogens is 310 g/mol. The van der Waals surface area contributed by atoms with Crippen LogP contribution in [0.15, 0.2) is 24.3 Å². The van der Waals surface area contributed by atoms with Crippen molar-refractivity contribution in [2.24, 2.45) is 0 Å². The third-order valence-corrected chi connectivity index (χ3v) is 4.26. The molecule has 0 bridgehead atoms. The molecule has 1 saturated heterocycles. The van der Waals surface area contributed by atoms with Gasteiger partial charge in [0.2, 0.25) is 0 Å². The maximum absolute atomic E-state index is 12.1. The van der Waals surface area contributed by atoms with Gasteiger partial charge in [0.05, 0.1) is 25.9 Å². The fourth-order valence-corrected chi connectivity index (χ4v) is 2.74. The SMILES string of the molecule is CCN(CC)C[C@@H]1OC[C@@H](NC(=O)Nc2cccc(OC)c2)[C@H]1O. The van der Waals surface area contributed by atoms with Gasteiger partial charge in [-0.05, 0) is 25.2 Å². The quantitative estimate of drug-likeness (QED) is 0.698. The fourth-order valence-electron chi connectivity index (χ4n) is 2.74. The summed E-state index contributed by atoms with van der Waals surface area (Å²) in [4.78, 5) is 14.3. The van der Waals surface area contributed by atoms with Crippen molar-refractivity contribution < 1.29 is 19.4 Å². The maximum atomic E-state index is 12.1. The van der Waals surface area contributed by atoms with Crippen LogP contribution in [0.25, 0.3) is 0 Å². The topological polar surface area (TPSA) is 83.1 Å². The minimum atomic E-state index is -0.721. The van der Waals surface area contributed by atoms with Gasteiger partial charge in [0.1, 0.15) is 11.9 Å². The monoisotopic (exact) mass is 337 g/mol. The Balaban J connectivity index is 1.85. The van der Waals surface area contributed by atoms with Crippen LogP contribution in [0.5, 0.6) is 5.75 Å². The Morgan fingerprint density at radius 2 is 2.17 bits per heavy atom. The fraction of sp³-hybridized carbons (Fsp3) is 0.588. The number of carbonyl (C=O) groups is 1. The molecule has 2 amide bonds. The molecule has 1 aliphatic heterocycles. The van der Waals surface area contributed by atoms with E-state index >= 15 is 0 Å². The van der Waals surface area contributed by atoms with E-state index in [4.69, 9.17) is 9.47 Å². The van der Waals surface area contributed by atoms with Crippen molar-refractivity contribution in [1.29, 1.82) is 0 Å². The predicted molar refractivity (Wildman–Crippen MR) is 92.5 cm³/mol. The Morgan fingerprint density at radius 1 is 1.42 bits per heavy atom. The molecule has 1 aromatic rings. The molecule has 0 saturated carbocycles. The molecule has 1 heterocycles.